The van der Waals surface area contributed by atoms with E-state index in [-0.39, 0.29) is 30.4 Å². The molecular formula is C34H43N5O6. The van der Waals surface area contributed by atoms with E-state index in [1.807, 2.05) is 89.2 Å². The first-order chi connectivity index (χ1) is 21.2. The molecule has 1 fully saturated rings. The van der Waals surface area contributed by atoms with Crippen molar-refractivity contribution in [1.82, 2.24) is 20.5 Å². The third-order valence-corrected chi connectivity index (χ3v) is 7.08. The van der Waals surface area contributed by atoms with E-state index in [1.54, 1.807) is 20.8 Å². The molecule has 3 amide bonds. The fraction of sp³-hybridized carbons (Fsp3) is 0.441. The standard InChI is InChI=1S/C34H43N5O6/c1-21(2)18-34(26-15-10-9-11-16-26)29(40)39(30(38-34)37-32(42)45-33(6,7)8)27(19-43-31(41)36-22(3)4)24-13-12-14-25(17-24)28-23(5)35-20-44-28/h9-17,20-22,27H,18-19H2,1-8H3,(H,36,41)(H,37,38,42)/t27-,34-/m1/s1. The minimum atomic E-state index is -1.26. The van der Waals surface area contributed by atoms with E-state index in [2.05, 4.69) is 20.6 Å². The number of hydrogen-bond acceptors (Lipinski definition) is 7. The quantitative estimate of drug-likeness (QED) is 0.278. The van der Waals surface area contributed by atoms with Gasteiger partial charge in [0.2, 0.25) is 5.96 Å². The first kappa shape index (κ1) is 33.2. The van der Waals surface area contributed by atoms with E-state index in [0.717, 1.165) is 5.56 Å². The van der Waals surface area contributed by atoms with Crippen LogP contribution in [0.15, 0.2) is 70.4 Å². The molecule has 11 heteroatoms. The van der Waals surface area contributed by atoms with E-state index >= 15 is 0 Å². The van der Waals surface area contributed by atoms with Gasteiger partial charge in [-0.15, -0.1) is 4.99 Å². The molecule has 0 spiro atoms. The van der Waals surface area contributed by atoms with Gasteiger partial charge in [-0.2, -0.15) is 0 Å². The number of nitrogens with zero attached hydrogens (tertiary/aromatic N) is 3. The molecule has 1 aliphatic heterocycles. The Balaban J connectivity index is 1.90. The second-order valence-corrected chi connectivity index (χ2v) is 12.9. The number of ether oxygens (including phenoxy) is 2. The second kappa shape index (κ2) is 13.5. The predicted octanol–water partition coefficient (Wildman–Crippen LogP) is 6.49. The molecule has 0 aliphatic carbocycles. The lowest BCUT2D eigenvalue weighted by atomic mass is 9.82. The lowest BCUT2D eigenvalue weighted by Crippen LogP contribution is -2.45. The van der Waals surface area contributed by atoms with Gasteiger partial charge in [-0.3, -0.25) is 9.69 Å². The zero-order chi connectivity index (χ0) is 32.9. The SMILES string of the molecule is Cc1ncoc1-c1cccc([C@@H](COC(=O)NC(C)C)N2C(=O)[C@@](CC(C)C)(c3ccccc3)N/C2=N\C(=O)OC(C)(C)C)c1. The van der Waals surface area contributed by atoms with Crippen molar-refractivity contribution in [3.05, 3.63) is 77.8 Å². The molecule has 240 valence electrons. The summed E-state index contributed by atoms with van der Waals surface area (Å²) in [5.74, 6) is 0.302. The van der Waals surface area contributed by atoms with Crippen LogP contribution < -0.4 is 10.6 Å². The molecule has 11 nitrogen and oxygen atoms in total. The Kier molecular flexibility index (Phi) is 10.00. The van der Waals surface area contributed by atoms with Gasteiger partial charge in [-0.05, 0) is 71.1 Å². The summed E-state index contributed by atoms with van der Waals surface area (Å²) in [5.41, 5.74) is 0.688. The molecular weight excluding hydrogens is 574 g/mol. The molecule has 2 atom stereocenters. The summed E-state index contributed by atoms with van der Waals surface area (Å²) in [5, 5.41) is 6.05. The number of aromatic nitrogens is 1. The Bertz CT molecular complexity index is 1540. The highest BCUT2D eigenvalue weighted by molar-refractivity contribution is 6.11. The molecule has 2 N–H and O–H groups in total. The van der Waals surface area contributed by atoms with Crippen LogP contribution in [0.5, 0.6) is 0 Å². The van der Waals surface area contributed by atoms with E-state index in [9.17, 15) is 14.4 Å². The van der Waals surface area contributed by atoms with Crippen LogP contribution in [-0.4, -0.2) is 52.2 Å². The molecule has 1 aliphatic rings. The maximum atomic E-state index is 14.9. The van der Waals surface area contributed by atoms with Crippen molar-refractivity contribution in [2.75, 3.05) is 6.61 Å². The minimum absolute atomic E-state index is 0.00197. The molecule has 2 heterocycles. The highest BCUT2D eigenvalue weighted by atomic mass is 16.6. The highest BCUT2D eigenvalue weighted by Gasteiger charge is 2.54. The summed E-state index contributed by atoms with van der Waals surface area (Å²) in [6, 6.07) is 15.7. The second-order valence-electron chi connectivity index (χ2n) is 12.9. The monoisotopic (exact) mass is 617 g/mol. The number of hydrogen-bond donors (Lipinski definition) is 2. The number of aliphatic imine (C=N–C) groups is 1. The van der Waals surface area contributed by atoms with Crippen LogP contribution in [0.1, 0.15) is 77.7 Å². The van der Waals surface area contributed by atoms with Gasteiger partial charge in [0.05, 0.1) is 11.7 Å². The molecule has 2 aromatic carbocycles. The van der Waals surface area contributed by atoms with E-state index in [4.69, 9.17) is 13.9 Å². The number of guanidine groups is 1. The molecule has 0 saturated carbocycles. The topological polar surface area (TPSA) is 135 Å². The first-order valence-electron chi connectivity index (χ1n) is 15.1. The maximum absolute atomic E-state index is 14.9. The van der Waals surface area contributed by atoms with Gasteiger partial charge in [0, 0.05) is 11.6 Å². The fourth-order valence-corrected chi connectivity index (χ4v) is 5.35. The maximum Gasteiger partial charge on any atom is 0.437 e. The zero-order valence-electron chi connectivity index (χ0n) is 27.2. The summed E-state index contributed by atoms with van der Waals surface area (Å²) in [7, 11) is 0. The molecule has 45 heavy (non-hydrogen) atoms. The predicted molar refractivity (Wildman–Crippen MR) is 170 cm³/mol. The summed E-state index contributed by atoms with van der Waals surface area (Å²) in [6.45, 7) is 14.5. The van der Waals surface area contributed by atoms with Crippen molar-refractivity contribution in [3.63, 3.8) is 0 Å². The highest BCUT2D eigenvalue weighted by Crippen LogP contribution is 2.40. The van der Waals surface area contributed by atoms with Crippen LogP contribution in [0.2, 0.25) is 0 Å². The molecule has 0 radical (unpaired) electrons. The van der Waals surface area contributed by atoms with Gasteiger partial charge < -0.3 is 24.5 Å². The molecule has 1 saturated heterocycles. The van der Waals surface area contributed by atoms with Crippen LogP contribution in [0.25, 0.3) is 11.3 Å². The van der Waals surface area contributed by atoms with Crippen molar-refractivity contribution in [2.45, 2.75) is 85.0 Å². The summed E-state index contributed by atoms with van der Waals surface area (Å²) >= 11 is 0. The van der Waals surface area contributed by atoms with Crippen molar-refractivity contribution >= 4 is 24.1 Å². The van der Waals surface area contributed by atoms with Crippen LogP contribution in [0.4, 0.5) is 9.59 Å². The Labute approximate surface area is 264 Å². The van der Waals surface area contributed by atoms with E-state index in [1.165, 1.54) is 11.3 Å². The Morgan fingerprint density at radius 3 is 2.40 bits per heavy atom. The number of benzene rings is 2. The van der Waals surface area contributed by atoms with Gasteiger partial charge in [0.25, 0.3) is 5.91 Å². The van der Waals surface area contributed by atoms with Crippen LogP contribution in [0.3, 0.4) is 0 Å². The fourth-order valence-electron chi connectivity index (χ4n) is 5.35. The number of carbonyl (C=O) groups is 3. The van der Waals surface area contributed by atoms with Crippen molar-refractivity contribution < 1.29 is 28.3 Å². The Morgan fingerprint density at radius 2 is 1.80 bits per heavy atom. The zero-order valence-corrected chi connectivity index (χ0v) is 27.2. The number of oxazole rings is 1. The summed E-state index contributed by atoms with van der Waals surface area (Å²) < 4.78 is 16.9. The average Bonchev–Trinajstić information content (AvgIpc) is 3.49. The number of nitrogens with one attached hydrogen (secondary N) is 2. The lowest BCUT2D eigenvalue weighted by Gasteiger charge is -2.31. The summed E-state index contributed by atoms with van der Waals surface area (Å²) in [4.78, 5) is 50.6. The van der Waals surface area contributed by atoms with Crippen molar-refractivity contribution in [3.8, 4) is 11.3 Å². The average molecular weight is 618 g/mol. The Morgan fingerprint density at radius 1 is 1.09 bits per heavy atom. The van der Waals surface area contributed by atoms with Gasteiger partial charge in [0.1, 0.15) is 17.7 Å². The van der Waals surface area contributed by atoms with Crippen LogP contribution in [-0.2, 0) is 19.8 Å². The first-order valence-corrected chi connectivity index (χ1v) is 15.1. The lowest BCUT2D eigenvalue weighted by molar-refractivity contribution is -0.134. The van der Waals surface area contributed by atoms with Gasteiger partial charge in [0.15, 0.2) is 12.2 Å². The van der Waals surface area contributed by atoms with Crippen molar-refractivity contribution in [2.24, 2.45) is 10.9 Å². The Hall–Kier alpha value is -4.67. The molecule has 3 aromatic rings. The summed E-state index contributed by atoms with van der Waals surface area (Å²) in [6.07, 6.45) is 0.269. The molecule has 1 aromatic heterocycles. The number of alkyl carbamates (subject to hydrolysis) is 1. The van der Waals surface area contributed by atoms with Crippen LogP contribution in [0, 0.1) is 12.8 Å². The van der Waals surface area contributed by atoms with Crippen LogP contribution >= 0.6 is 0 Å². The minimum Gasteiger partial charge on any atom is -0.447 e. The largest absolute Gasteiger partial charge is 0.447 e. The van der Waals surface area contributed by atoms with Crippen molar-refractivity contribution in [1.29, 1.82) is 0 Å². The number of rotatable bonds is 9. The van der Waals surface area contributed by atoms with Gasteiger partial charge in [-0.1, -0.05) is 62.4 Å². The number of aryl methyl sites for hydroxylation is 1. The smallest absolute Gasteiger partial charge is 0.437 e. The molecule has 4 rings (SSSR count). The number of amides is 3. The molecule has 0 bridgehead atoms. The number of carbonyl (C=O) groups excluding carboxylic acids is 3. The van der Waals surface area contributed by atoms with E-state index in [0.29, 0.717) is 29.0 Å². The van der Waals surface area contributed by atoms with Gasteiger partial charge >= 0.3 is 12.2 Å². The normalized spacial score (nSPS) is 18.3. The third-order valence-electron chi connectivity index (χ3n) is 7.08. The van der Waals surface area contributed by atoms with Gasteiger partial charge in [-0.25, -0.2) is 14.6 Å². The third kappa shape index (κ3) is 7.89. The van der Waals surface area contributed by atoms with E-state index < -0.39 is 29.4 Å². The molecule has 0 unspecified atom stereocenters.